The highest BCUT2D eigenvalue weighted by molar-refractivity contribution is 7.17. The second kappa shape index (κ2) is 4.42. The van der Waals surface area contributed by atoms with Gasteiger partial charge in [0.25, 0.3) is 5.56 Å². The van der Waals surface area contributed by atoms with Crippen LogP contribution in [0.25, 0.3) is 10.1 Å². The maximum absolute atomic E-state index is 12.3. The summed E-state index contributed by atoms with van der Waals surface area (Å²) < 4.78 is 4.82. The van der Waals surface area contributed by atoms with Crippen molar-refractivity contribution in [1.29, 1.82) is 0 Å². The second-order valence-electron chi connectivity index (χ2n) is 4.12. The minimum absolute atomic E-state index is 0.0672. The fourth-order valence-corrected chi connectivity index (χ4v) is 2.84. The summed E-state index contributed by atoms with van der Waals surface area (Å²) in [5, 5.41) is 2.75. The Balaban J connectivity index is 2.05. The molecule has 92 valence electrons. The van der Waals surface area contributed by atoms with Crippen LogP contribution in [0.1, 0.15) is 12.6 Å². The summed E-state index contributed by atoms with van der Waals surface area (Å²) in [5.41, 5.74) is 1.12. The Hall–Kier alpha value is -1.88. The number of fused-ring (bicyclic) bond motifs is 1. The van der Waals surface area contributed by atoms with Crippen molar-refractivity contribution < 1.29 is 0 Å². The summed E-state index contributed by atoms with van der Waals surface area (Å²) in [6, 6.07) is 3.88. The lowest BCUT2D eigenvalue weighted by Gasteiger charge is -2.07. The number of nitrogens with zero attached hydrogens (tertiary/aromatic N) is 3. The fraction of sp³-hybridized carbons (Fsp3) is 0.231. The molecule has 3 heterocycles. The van der Waals surface area contributed by atoms with E-state index in [1.807, 2.05) is 34.5 Å². The number of hydrogen-bond acceptors (Lipinski definition) is 3. The Morgan fingerprint density at radius 2 is 2.22 bits per heavy atom. The van der Waals surface area contributed by atoms with E-state index in [2.05, 4.69) is 11.9 Å². The quantitative estimate of drug-likeness (QED) is 0.724. The first-order valence-electron chi connectivity index (χ1n) is 5.85. The molecule has 0 spiro atoms. The van der Waals surface area contributed by atoms with Crippen LogP contribution in [0.4, 0.5) is 0 Å². The zero-order valence-corrected chi connectivity index (χ0v) is 10.9. The Morgan fingerprint density at radius 3 is 3.06 bits per heavy atom. The molecule has 0 bridgehead atoms. The summed E-state index contributed by atoms with van der Waals surface area (Å²) in [6.07, 6.45) is 5.46. The van der Waals surface area contributed by atoms with E-state index in [9.17, 15) is 4.79 Å². The molecule has 0 saturated heterocycles. The highest BCUT2D eigenvalue weighted by atomic mass is 32.1. The van der Waals surface area contributed by atoms with Crippen LogP contribution in [0.2, 0.25) is 0 Å². The Labute approximate surface area is 108 Å². The van der Waals surface area contributed by atoms with E-state index in [1.165, 1.54) is 0 Å². The van der Waals surface area contributed by atoms with E-state index in [0.29, 0.717) is 6.54 Å². The van der Waals surface area contributed by atoms with Gasteiger partial charge in [0.2, 0.25) is 0 Å². The van der Waals surface area contributed by atoms with Crippen LogP contribution in [0, 0.1) is 0 Å². The number of aryl methyl sites for hydroxylation is 1. The average molecular weight is 259 g/mol. The van der Waals surface area contributed by atoms with Gasteiger partial charge in [-0.25, -0.2) is 4.98 Å². The molecule has 0 unspecified atom stereocenters. The van der Waals surface area contributed by atoms with Gasteiger partial charge in [0.1, 0.15) is 0 Å². The van der Waals surface area contributed by atoms with Crippen LogP contribution >= 0.6 is 11.3 Å². The highest BCUT2D eigenvalue weighted by Crippen LogP contribution is 2.16. The van der Waals surface area contributed by atoms with Crippen molar-refractivity contribution in [2.24, 2.45) is 0 Å². The lowest BCUT2D eigenvalue weighted by molar-refractivity contribution is 0.659. The highest BCUT2D eigenvalue weighted by Gasteiger charge is 2.06. The van der Waals surface area contributed by atoms with Crippen molar-refractivity contribution in [3.05, 3.63) is 52.3 Å². The normalized spacial score (nSPS) is 11.2. The molecule has 0 aliphatic carbocycles. The first-order chi connectivity index (χ1) is 8.79. The van der Waals surface area contributed by atoms with E-state index in [4.69, 9.17) is 0 Å². The van der Waals surface area contributed by atoms with Gasteiger partial charge in [-0.1, -0.05) is 0 Å². The van der Waals surface area contributed by atoms with Crippen LogP contribution in [0.5, 0.6) is 0 Å². The first-order valence-corrected chi connectivity index (χ1v) is 6.73. The van der Waals surface area contributed by atoms with Crippen LogP contribution in [0.15, 0.2) is 41.0 Å². The lowest BCUT2D eigenvalue weighted by atomic mass is 10.3. The summed E-state index contributed by atoms with van der Waals surface area (Å²) in [4.78, 5) is 16.4. The Kier molecular flexibility index (Phi) is 2.76. The van der Waals surface area contributed by atoms with Crippen molar-refractivity contribution in [2.75, 3.05) is 0 Å². The molecule has 18 heavy (non-hydrogen) atoms. The maximum atomic E-state index is 12.3. The predicted octanol–water partition coefficient (Wildman–Crippen LogP) is 2.33. The molecule has 3 aromatic heterocycles. The predicted molar refractivity (Wildman–Crippen MR) is 73.1 cm³/mol. The third kappa shape index (κ3) is 1.76. The first kappa shape index (κ1) is 11.2. The molecule has 0 aliphatic rings. The molecule has 4 nitrogen and oxygen atoms in total. The maximum Gasteiger partial charge on any atom is 0.259 e. The number of pyridine rings is 1. The molecule has 0 aliphatic heterocycles. The zero-order chi connectivity index (χ0) is 12.5. The topological polar surface area (TPSA) is 39.8 Å². The summed E-state index contributed by atoms with van der Waals surface area (Å²) in [6.45, 7) is 3.50. The van der Waals surface area contributed by atoms with Gasteiger partial charge in [-0.05, 0) is 24.4 Å². The van der Waals surface area contributed by atoms with Gasteiger partial charge in [0.15, 0.2) is 0 Å². The summed E-state index contributed by atoms with van der Waals surface area (Å²) in [5.74, 6) is 0. The van der Waals surface area contributed by atoms with E-state index in [-0.39, 0.29) is 5.56 Å². The standard InChI is InChI=1S/C13H13N3OS/c1-2-15-9-14-7-10(15)8-16-5-3-12-11(13(16)17)4-6-18-12/h3-7,9H,2,8H2,1H3. The molecule has 0 amide bonds. The molecule has 0 fully saturated rings. The summed E-state index contributed by atoms with van der Waals surface area (Å²) >= 11 is 1.59. The molecule has 5 heteroatoms. The lowest BCUT2D eigenvalue weighted by Crippen LogP contribution is -2.20. The molecular weight excluding hydrogens is 246 g/mol. The molecular formula is C13H13N3OS. The molecule has 3 aromatic rings. The fourth-order valence-electron chi connectivity index (χ4n) is 2.07. The van der Waals surface area contributed by atoms with Crippen molar-refractivity contribution in [3.63, 3.8) is 0 Å². The Bertz CT molecular complexity index is 738. The van der Waals surface area contributed by atoms with Gasteiger partial charge in [0, 0.05) is 23.6 Å². The number of rotatable bonds is 3. The van der Waals surface area contributed by atoms with E-state index in [0.717, 1.165) is 22.3 Å². The van der Waals surface area contributed by atoms with Crippen LogP contribution < -0.4 is 5.56 Å². The largest absolute Gasteiger partial charge is 0.333 e. The van der Waals surface area contributed by atoms with Crippen LogP contribution in [-0.4, -0.2) is 14.1 Å². The molecule has 0 atom stereocenters. The Morgan fingerprint density at radius 1 is 1.33 bits per heavy atom. The van der Waals surface area contributed by atoms with Crippen molar-refractivity contribution in [2.45, 2.75) is 20.0 Å². The number of aromatic nitrogens is 3. The monoisotopic (exact) mass is 259 g/mol. The van der Waals surface area contributed by atoms with Gasteiger partial charge < -0.3 is 9.13 Å². The third-order valence-electron chi connectivity index (χ3n) is 3.06. The SMILES string of the molecule is CCn1cncc1Cn1ccc2sccc2c1=O. The van der Waals surface area contributed by atoms with Gasteiger partial charge in [-0.2, -0.15) is 0 Å². The number of hydrogen-bond donors (Lipinski definition) is 0. The molecule has 0 radical (unpaired) electrons. The average Bonchev–Trinajstić information content (AvgIpc) is 3.01. The van der Waals surface area contributed by atoms with Gasteiger partial charge in [-0.15, -0.1) is 11.3 Å². The van der Waals surface area contributed by atoms with E-state index < -0.39 is 0 Å². The van der Waals surface area contributed by atoms with E-state index >= 15 is 0 Å². The molecule has 0 saturated carbocycles. The van der Waals surface area contributed by atoms with Crippen molar-refractivity contribution >= 4 is 21.4 Å². The van der Waals surface area contributed by atoms with Gasteiger partial charge >= 0.3 is 0 Å². The third-order valence-corrected chi connectivity index (χ3v) is 3.95. The molecule has 3 rings (SSSR count). The number of thiophene rings is 1. The second-order valence-corrected chi connectivity index (χ2v) is 5.07. The van der Waals surface area contributed by atoms with E-state index in [1.54, 1.807) is 22.2 Å². The molecule has 0 N–H and O–H groups in total. The minimum Gasteiger partial charge on any atom is -0.333 e. The van der Waals surface area contributed by atoms with Crippen molar-refractivity contribution in [1.82, 2.24) is 14.1 Å². The van der Waals surface area contributed by atoms with Crippen LogP contribution in [0.3, 0.4) is 0 Å². The van der Waals surface area contributed by atoms with Crippen molar-refractivity contribution in [3.8, 4) is 0 Å². The zero-order valence-electron chi connectivity index (χ0n) is 10.0. The minimum atomic E-state index is 0.0672. The summed E-state index contributed by atoms with van der Waals surface area (Å²) in [7, 11) is 0. The smallest absolute Gasteiger partial charge is 0.259 e. The van der Waals surface area contributed by atoms with Crippen LogP contribution in [-0.2, 0) is 13.1 Å². The number of imidazole rings is 1. The molecule has 0 aromatic carbocycles. The van der Waals surface area contributed by atoms with Gasteiger partial charge in [-0.3, -0.25) is 4.79 Å². The van der Waals surface area contributed by atoms with Gasteiger partial charge in [0.05, 0.1) is 24.0 Å².